The van der Waals surface area contributed by atoms with Crippen molar-refractivity contribution in [1.29, 1.82) is 0 Å². The molecule has 0 aromatic heterocycles. The van der Waals surface area contributed by atoms with Crippen LogP contribution in [-0.2, 0) is 9.53 Å². The monoisotopic (exact) mass is 310 g/mol. The van der Waals surface area contributed by atoms with Gasteiger partial charge in [0.05, 0.1) is 6.10 Å². The third kappa shape index (κ3) is 9.24. The van der Waals surface area contributed by atoms with E-state index in [2.05, 4.69) is 6.92 Å². The van der Waals surface area contributed by atoms with Gasteiger partial charge in [0.1, 0.15) is 6.61 Å². The molecule has 1 heterocycles. The predicted octanol–water partition coefficient (Wildman–Crippen LogP) is 4.92. The summed E-state index contributed by atoms with van der Waals surface area (Å²) in [7, 11) is 0. The maximum atomic E-state index is 11.5. The molecule has 1 unspecified atom stereocenters. The molecule has 1 aliphatic rings. The van der Waals surface area contributed by atoms with Crippen LogP contribution in [0.15, 0.2) is 11.6 Å². The maximum Gasteiger partial charge on any atom is 0.333 e. The van der Waals surface area contributed by atoms with Crippen molar-refractivity contribution in [2.24, 2.45) is 0 Å². The molecule has 0 spiro atoms. The number of ether oxygens (including phenoxy) is 1. The highest BCUT2D eigenvalue weighted by Gasteiger charge is 2.22. The van der Waals surface area contributed by atoms with Crippen LogP contribution in [0.3, 0.4) is 0 Å². The summed E-state index contributed by atoms with van der Waals surface area (Å²) in [5.74, 6) is -0.242. The van der Waals surface area contributed by atoms with Gasteiger partial charge in [-0.15, -0.1) is 0 Å². The summed E-state index contributed by atoms with van der Waals surface area (Å²) in [6.07, 6.45) is 17.5. The number of rotatable bonds is 12. The minimum atomic E-state index is -0.513. The third-order valence-electron chi connectivity index (χ3n) is 4.32. The Morgan fingerprint density at radius 1 is 1.00 bits per heavy atom. The van der Waals surface area contributed by atoms with Crippen molar-refractivity contribution < 1.29 is 14.6 Å². The number of unbranched alkanes of at least 4 members (excludes halogenated alkanes) is 11. The summed E-state index contributed by atoms with van der Waals surface area (Å²) in [6, 6.07) is 0. The largest absolute Gasteiger partial charge is 0.460 e. The highest BCUT2D eigenvalue weighted by Crippen LogP contribution is 2.17. The summed E-state index contributed by atoms with van der Waals surface area (Å²) < 4.78 is 4.90. The lowest BCUT2D eigenvalue weighted by Gasteiger charge is -2.19. The average Bonchev–Trinajstić information content (AvgIpc) is 2.51. The van der Waals surface area contributed by atoms with Crippen LogP contribution in [0.1, 0.15) is 90.4 Å². The van der Waals surface area contributed by atoms with E-state index in [9.17, 15) is 9.90 Å². The van der Waals surface area contributed by atoms with E-state index in [4.69, 9.17) is 4.74 Å². The molecular weight excluding hydrogens is 276 g/mol. The van der Waals surface area contributed by atoms with Gasteiger partial charge in [-0.05, 0) is 12.8 Å². The second-order valence-electron chi connectivity index (χ2n) is 6.51. The lowest BCUT2D eigenvalue weighted by Crippen LogP contribution is -2.27. The molecular formula is C19H34O3. The van der Waals surface area contributed by atoms with Crippen LogP contribution < -0.4 is 0 Å². The summed E-state index contributed by atoms with van der Waals surface area (Å²) >= 11 is 0. The number of hydrogen-bond donors (Lipinski definition) is 1. The Kier molecular flexibility index (Phi) is 11.1. The zero-order valence-electron chi connectivity index (χ0n) is 14.3. The van der Waals surface area contributed by atoms with E-state index >= 15 is 0 Å². The molecule has 0 radical (unpaired) electrons. The fraction of sp³-hybridized carbons (Fsp3) is 0.842. The number of cyclic esters (lactones) is 1. The Morgan fingerprint density at radius 3 is 2.14 bits per heavy atom. The molecule has 1 fully saturated rings. The summed E-state index contributed by atoms with van der Waals surface area (Å²) in [6.45, 7) is 2.41. The van der Waals surface area contributed by atoms with Crippen LogP contribution in [0.4, 0.5) is 0 Å². The Hall–Kier alpha value is -0.830. The van der Waals surface area contributed by atoms with Gasteiger partial charge in [-0.25, -0.2) is 4.79 Å². The van der Waals surface area contributed by atoms with Crippen LogP contribution in [-0.4, -0.2) is 23.8 Å². The van der Waals surface area contributed by atoms with E-state index in [1.54, 1.807) is 0 Å². The SMILES string of the molecule is CCCCCCCCCCCCCC=C1CC(O)COC1=O. The van der Waals surface area contributed by atoms with Gasteiger partial charge < -0.3 is 9.84 Å². The molecule has 3 heteroatoms. The molecule has 1 atom stereocenters. The average molecular weight is 310 g/mol. The van der Waals surface area contributed by atoms with E-state index in [-0.39, 0.29) is 12.6 Å². The standard InChI is InChI=1S/C19H34O3/c1-2-3-4-5-6-7-8-9-10-11-12-13-14-17-15-18(20)16-22-19(17)21/h14,18,20H,2-13,15-16H2,1H3. The molecule has 3 nitrogen and oxygen atoms in total. The van der Waals surface area contributed by atoms with Crippen LogP contribution in [0.2, 0.25) is 0 Å². The maximum absolute atomic E-state index is 11.5. The van der Waals surface area contributed by atoms with Crippen molar-refractivity contribution in [3.05, 3.63) is 11.6 Å². The van der Waals surface area contributed by atoms with E-state index in [1.807, 2.05) is 6.08 Å². The van der Waals surface area contributed by atoms with Crippen molar-refractivity contribution in [1.82, 2.24) is 0 Å². The first-order valence-corrected chi connectivity index (χ1v) is 9.28. The number of allylic oxidation sites excluding steroid dienone is 1. The van der Waals surface area contributed by atoms with Gasteiger partial charge in [-0.3, -0.25) is 0 Å². The molecule has 0 bridgehead atoms. The number of carbonyl (C=O) groups is 1. The van der Waals surface area contributed by atoms with E-state index in [0.29, 0.717) is 12.0 Å². The van der Waals surface area contributed by atoms with Gasteiger partial charge in [0, 0.05) is 12.0 Å². The zero-order chi connectivity index (χ0) is 16.0. The normalized spacial score (nSPS) is 20.4. The van der Waals surface area contributed by atoms with E-state index < -0.39 is 6.10 Å². The first kappa shape index (κ1) is 19.2. The molecule has 0 aromatic rings. The molecule has 1 rings (SSSR count). The molecule has 0 saturated carbocycles. The van der Waals surface area contributed by atoms with Crippen molar-refractivity contribution in [3.63, 3.8) is 0 Å². The van der Waals surface area contributed by atoms with E-state index in [0.717, 1.165) is 12.8 Å². The Labute approximate surface area is 136 Å². The first-order valence-electron chi connectivity index (χ1n) is 9.28. The second kappa shape index (κ2) is 12.7. The lowest BCUT2D eigenvalue weighted by atomic mass is 10.0. The van der Waals surface area contributed by atoms with Crippen molar-refractivity contribution >= 4 is 5.97 Å². The highest BCUT2D eigenvalue weighted by atomic mass is 16.5. The van der Waals surface area contributed by atoms with Crippen molar-refractivity contribution in [2.75, 3.05) is 6.61 Å². The summed E-state index contributed by atoms with van der Waals surface area (Å²) in [4.78, 5) is 11.5. The number of carbonyl (C=O) groups excluding carboxylic acids is 1. The fourth-order valence-corrected chi connectivity index (χ4v) is 2.91. The molecule has 128 valence electrons. The number of hydrogen-bond acceptors (Lipinski definition) is 3. The zero-order valence-corrected chi connectivity index (χ0v) is 14.3. The highest BCUT2D eigenvalue weighted by molar-refractivity contribution is 5.89. The summed E-state index contributed by atoms with van der Waals surface area (Å²) in [5.41, 5.74) is 0.658. The van der Waals surface area contributed by atoms with Gasteiger partial charge in [-0.2, -0.15) is 0 Å². The molecule has 1 saturated heterocycles. The topological polar surface area (TPSA) is 46.5 Å². The number of aliphatic hydroxyl groups is 1. The molecule has 0 aliphatic carbocycles. The first-order chi connectivity index (χ1) is 10.7. The second-order valence-corrected chi connectivity index (χ2v) is 6.51. The third-order valence-corrected chi connectivity index (χ3v) is 4.32. The van der Waals surface area contributed by atoms with Crippen molar-refractivity contribution in [2.45, 2.75) is 96.5 Å². The van der Waals surface area contributed by atoms with Gasteiger partial charge in [0.25, 0.3) is 0 Å². The number of esters is 1. The van der Waals surface area contributed by atoms with Crippen LogP contribution in [0.5, 0.6) is 0 Å². The lowest BCUT2D eigenvalue weighted by molar-refractivity contribution is -0.146. The van der Waals surface area contributed by atoms with Gasteiger partial charge in [0.15, 0.2) is 0 Å². The Bertz CT molecular complexity index is 323. The molecule has 0 amide bonds. The molecule has 22 heavy (non-hydrogen) atoms. The van der Waals surface area contributed by atoms with Crippen molar-refractivity contribution in [3.8, 4) is 0 Å². The Balaban J connectivity index is 1.90. The molecule has 1 aliphatic heterocycles. The predicted molar refractivity (Wildman–Crippen MR) is 90.7 cm³/mol. The minimum absolute atomic E-state index is 0.147. The van der Waals surface area contributed by atoms with Crippen LogP contribution in [0, 0.1) is 0 Å². The molecule has 1 N–H and O–H groups in total. The van der Waals surface area contributed by atoms with Gasteiger partial charge in [0.2, 0.25) is 0 Å². The van der Waals surface area contributed by atoms with E-state index in [1.165, 1.54) is 64.2 Å². The van der Waals surface area contributed by atoms with Crippen LogP contribution >= 0.6 is 0 Å². The Morgan fingerprint density at radius 2 is 1.55 bits per heavy atom. The van der Waals surface area contributed by atoms with Gasteiger partial charge in [-0.1, -0.05) is 77.2 Å². The minimum Gasteiger partial charge on any atom is -0.460 e. The van der Waals surface area contributed by atoms with Gasteiger partial charge >= 0.3 is 5.97 Å². The molecule has 0 aromatic carbocycles. The fourth-order valence-electron chi connectivity index (χ4n) is 2.91. The smallest absolute Gasteiger partial charge is 0.333 e. The van der Waals surface area contributed by atoms with Crippen LogP contribution in [0.25, 0.3) is 0 Å². The number of aliphatic hydroxyl groups excluding tert-OH is 1. The summed E-state index contributed by atoms with van der Waals surface area (Å²) in [5, 5.41) is 9.47. The quantitative estimate of drug-likeness (QED) is 0.316.